The summed E-state index contributed by atoms with van der Waals surface area (Å²) in [6.07, 6.45) is 1.40. The second kappa shape index (κ2) is 3.33. The monoisotopic (exact) mass is 172 g/mol. The standard InChI is InChI=1S/C8H16N2S/c1-3-11-4-2-9-5-8(1)6-10-7-8/h9-10H,1-7H2. The number of hydrogen-bond donors (Lipinski definition) is 2. The Morgan fingerprint density at radius 2 is 1.82 bits per heavy atom. The second-order valence-electron chi connectivity index (χ2n) is 3.64. The Morgan fingerprint density at radius 1 is 1.00 bits per heavy atom. The maximum Gasteiger partial charge on any atom is 0.00850 e. The van der Waals surface area contributed by atoms with Crippen LogP contribution in [0.2, 0.25) is 0 Å². The van der Waals surface area contributed by atoms with E-state index in [1.807, 2.05) is 0 Å². The summed E-state index contributed by atoms with van der Waals surface area (Å²) in [6.45, 7) is 4.91. The first-order valence-corrected chi connectivity index (χ1v) is 5.56. The highest BCUT2D eigenvalue weighted by Gasteiger charge is 2.36. The summed E-state index contributed by atoms with van der Waals surface area (Å²) < 4.78 is 0. The van der Waals surface area contributed by atoms with Gasteiger partial charge in [0, 0.05) is 37.3 Å². The largest absolute Gasteiger partial charge is 0.315 e. The van der Waals surface area contributed by atoms with Crippen LogP contribution >= 0.6 is 11.8 Å². The Kier molecular flexibility index (Phi) is 2.39. The van der Waals surface area contributed by atoms with Gasteiger partial charge in [-0.25, -0.2) is 0 Å². The molecule has 2 fully saturated rings. The van der Waals surface area contributed by atoms with Gasteiger partial charge in [-0.15, -0.1) is 0 Å². The second-order valence-corrected chi connectivity index (χ2v) is 4.87. The summed E-state index contributed by atoms with van der Waals surface area (Å²) in [5, 5.41) is 6.89. The predicted octanol–water partition coefficient (Wildman–Crippen LogP) is 0.302. The molecule has 2 heterocycles. The molecular weight excluding hydrogens is 156 g/mol. The third kappa shape index (κ3) is 1.71. The Bertz CT molecular complexity index is 124. The molecule has 64 valence electrons. The number of nitrogens with one attached hydrogen (secondary N) is 2. The fourth-order valence-electron chi connectivity index (χ4n) is 1.76. The molecule has 0 aromatic carbocycles. The van der Waals surface area contributed by atoms with Crippen molar-refractivity contribution >= 4 is 11.8 Å². The molecule has 3 heteroatoms. The van der Waals surface area contributed by atoms with E-state index in [0.717, 1.165) is 0 Å². The highest BCUT2D eigenvalue weighted by molar-refractivity contribution is 7.99. The summed E-state index contributed by atoms with van der Waals surface area (Å²) in [7, 11) is 0. The molecule has 0 radical (unpaired) electrons. The average molecular weight is 172 g/mol. The van der Waals surface area contributed by atoms with Crippen molar-refractivity contribution in [1.82, 2.24) is 10.6 Å². The van der Waals surface area contributed by atoms with E-state index in [2.05, 4.69) is 22.4 Å². The van der Waals surface area contributed by atoms with Crippen molar-refractivity contribution in [2.45, 2.75) is 6.42 Å². The van der Waals surface area contributed by atoms with Crippen LogP contribution in [0.3, 0.4) is 0 Å². The van der Waals surface area contributed by atoms with Gasteiger partial charge in [-0.3, -0.25) is 0 Å². The van der Waals surface area contributed by atoms with Crippen LogP contribution in [-0.2, 0) is 0 Å². The molecular formula is C8H16N2S. The molecule has 2 rings (SSSR count). The molecule has 2 nitrogen and oxygen atoms in total. The predicted molar refractivity (Wildman–Crippen MR) is 50.1 cm³/mol. The van der Waals surface area contributed by atoms with Crippen molar-refractivity contribution < 1.29 is 0 Å². The number of hydrogen-bond acceptors (Lipinski definition) is 3. The molecule has 2 aliphatic rings. The normalized spacial score (nSPS) is 30.5. The van der Waals surface area contributed by atoms with Crippen LogP contribution < -0.4 is 10.6 Å². The van der Waals surface area contributed by atoms with E-state index in [0.29, 0.717) is 5.41 Å². The minimum absolute atomic E-state index is 0.632. The summed E-state index contributed by atoms with van der Waals surface area (Å²) in [6, 6.07) is 0. The average Bonchev–Trinajstić information content (AvgIpc) is 1.82. The van der Waals surface area contributed by atoms with Crippen molar-refractivity contribution in [3.63, 3.8) is 0 Å². The zero-order chi connectivity index (χ0) is 7.57. The Hall–Kier alpha value is 0.270. The summed E-state index contributed by atoms with van der Waals surface area (Å²) in [5.41, 5.74) is 0.632. The van der Waals surface area contributed by atoms with Gasteiger partial charge in [-0.2, -0.15) is 11.8 Å². The molecule has 2 saturated heterocycles. The topological polar surface area (TPSA) is 24.1 Å². The van der Waals surface area contributed by atoms with Gasteiger partial charge >= 0.3 is 0 Å². The minimum Gasteiger partial charge on any atom is -0.315 e. The molecule has 2 N–H and O–H groups in total. The minimum atomic E-state index is 0.632. The Morgan fingerprint density at radius 3 is 2.55 bits per heavy atom. The van der Waals surface area contributed by atoms with Crippen molar-refractivity contribution in [2.24, 2.45) is 5.41 Å². The summed E-state index contributed by atoms with van der Waals surface area (Å²) in [4.78, 5) is 0. The van der Waals surface area contributed by atoms with Crippen LogP contribution in [0.1, 0.15) is 6.42 Å². The molecule has 0 atom stereocenters. The van der Waals surface area contributed by atoms with E-state index in [-0.39, 0.29) is 0 Å². The lowest BCUT2D eigenvalue weighted by atomic mass is 9.79. The fraction of sp³-hybridized carbons (Fsp3) is 1.00. The van der Waals surface area contributed by atoms with Gasteiger partial charge in [0.05, 0.1) is 0 Å². The fourth-order valence-corrected chi connectivity index (χ4v) is 2.83. The van der Waals surface area contributed by atoms with Crippen molar-refractivity contribution in [1.29, 1.82) is 0 Å². The van der Waals surface area contributed by atoms with Gasteiger partial charge < -0.3 is 10.6 Å². The van der Waals surface area contributed by atoms with Gasteiger partial charge in [-0.1, -0.05) is 0 Å². The van der Waals surface area contributed by atoms with Gasteiger partial charge in [0.15, 0.2) is 0 Å². The SMILES string of the molecule is C1CSCCC2(CN1)CNC2. The van der Waals surface area contributed by atoms with Gasteiger partial charge in [0.1, 0.15) is 0 Å². The molecule has 0 aliphatic carbocycles. The molecule has 2 aliphatic heterocycles. The van der Waals surface area contributed by atoms with Gasteiger partial charge in [0.25, 0.3) is 0 Å². The van der Waals surface area contributed by atoms with Crippen LogP contribution in [0.25, 0.3) is 0 Å². The molecule has 0 saturated carbocycles. The lowest BCUT2D eigenvalue weighted by molar-refractivity contribution is 0.158. The maximum absolute atomic E-state index is 3.52. The van der Waals surface area contributed by atoms with Crippen molar-refractivity contribution in [3.8, 4) is 0 Å². The zero-order valence-electron chi connectivity index (χ0n) is 6.86. The van der Waals surface area contributed by atoms with Crippen LogP contribution in [0.15, 0.2) is 0 Å². The van der Waals surface area contributed by atoms with Gasteiger partial charge in [0.2, 0.25) is 0 Å². The molecule has 0 aromatic rings. The zero-order valence-corrected chi connectivity index (χ0v) is 7.67. The van der Waals surface area contributed by atoms with E-state index in [4.69, 9.17) is 0 Å². The quantitative estimate of drug-likeness (QED) is 0.550. The number of rotatable bonds is 0. The van der Waals surface area contributed by atoms with Crippen LogP contribution in [0.4, 0.5) is 0 Å². The molecule has 0 amide bonds. The molecule has 0 unspecified atom stereocenters. The Balaban J connectivity index is 1.86. The highest BCUT2D eigenvalue weighted by atomic mass is 32.2. The lowest BCUT2D eigenvalue weighted by Crippen LogP contribution is -2.59. The van der Waals surface area contributed by atoms with Crippen molar-refractivity contribution in [2.75, 3.05) is 37.7 Å². The highest BCUT2D eigenvalue weighted by Crippen LogP contribution is 2.28. The van der Waals surface area contributed by atoms with E-state index in [1.54, 1.807) is 0 Å². The third-order valence-electron chi connectivity index (χ3n) is 2.70. The lowest BCUT2D eigenvalue weighted by Gasteiger charge is -2.44. The smallest absolute Gasteiger partial charge is 0.00850 e. The van der Waals surface area contributed by atoms with Crippen LogP contribution in [0.5, 0.6) is 0 Å². The van der Waals surface area contributed by atoms with Crippen LogP contribution in [0, 0.1) is 5.41 Å². The molecule has 11 heavy (non-hydrogen) atoms. The number of thioether (sulfide) groups is 1. The third-order valence-corrected chi connectivity index (χ3v) is 3.69. The first-order chi connectivity index (χ1) is 5.41. The van der Waals surface area contributed by atoms with Crippen LogP contribution in [-0.4, -0.2) is 37.7 Å². The molecule has 0 aromatic heterocycles. The summed E-state index contributed by atoms with van der Waals surface area (Å²) >= 11 is 2.09. The van der Waals surface area contributed by atoms with E-state index < -0.39 is 0 Å². The molecule has 0 bridgehead atoms. The first kappa shape index (κ1) is 7.90. The first-order valence-electron chi connectivity index (χ1n) is 4.41. The van der Waals surface area contributed by atoms with E-state index in [9.17, 15) is 0 Å². The Labute approximate surface area is 72.5 Å². The summed E-state index contributed by atoms with van der Waals surface area (Å²) in [5.74, 6) is 2.66. The van der Waals surface area contributed by atoms with E-state index in [1.165, 1.54) is 44.1 Å². The van der Waals surface area contributed by atoms with E-state index >= 15 is 0 Å². The maximum atomic E-state index is 3.52. The molecule has 1 spiro atoms. The van der Waals surface area contributed by atoms with Crippen molar-refractivity contribution in [3.05, 3.63) is 0 Å². The van der Waals surface area contributed by atoms with Gasteiger partial charge in [-0.05, 0) is 12.2 Å².